The Bertz CT molecular complexity index is 1620. The van der Waals surface area contributed by atoms with Gasteiger partial charge in [0.1, 0.15) is 42.7 Å². The molecule has 59 heavy (non-hydrogen) atoms. The van der Waals surface area contributed by atoms with Crippen LogP contribution in [0, 0.1) is 50.2 Å². The van der Waals surface area contributed by atoms with E-state index in [1.165, 1.54) is 0 Å². The third-order valence-electron chi connectivity index (χ3n) is 17.7. The van der Waals surface area contributed by atoms with E-state index in [1.54, 1.807) is 0 Å². The maximum absolute atomic E-state index is 12.3. The lowest BCUT2D eigenvalue weighted by atomic mass is 9.32. The van der Waals surface area contributed by atoms with E-state index in [0.29, 0.717) is 38.5 Å². The average molecular weight is 845 g/mol. The van der Waals surface area contributed by atoms with Crippen LogP contribution in [-0.4, -0.2) is 172 Å². The van der Waals surface area contributed by atoms with Crippen molar-refractivity contribution in [1.82, 2.24) is 0 Å². The van der Waals surface area contributed by atoms with Crippen LogP contribution in [0.1, 0.15) is 87.0 Å². The largest absolute Gasteiger partial charge is 0.479 e. The van der Waals surface area contributed by atoms with Crippen molar-refractivity contribution in [3.05, 3.63) is 11.6 Å². The van der Waals surface area contributed by atoms with Crippen LogP contribution in [0.3, 0.4) is 0 Å². The van der Waals surface area contributed by atoms with Gasteiger partial charge in [-0.05, 0) is 77.9 Å². The van der Waals surface area contributed by atoms with E-state index < -0.39 is 144 Å². The van der Waals surface area contributed by atoms with Gasteiger partial charge in [-0.3, -0.25) is 0 Å². The van der Waals surface area contributed by atoms with Gasteiger partial charge in [-0.1, -0.05) is 60.1 Å². The SMILES string of the molecule is CC1(C)C[C@H]2C3=CC[C@@H]4[C@@]5(C)CC[C@H](O[C@@H]6O[C@H](C(=O)O)[C@@H](O)[C@H](O)[C@H]6O[C@@H]6O[C@H](CO)[C@@H](O)[C@H](O)[C@H]6O)C(C)(C)[C@@H]5CC[C@@]4(C)[C@]3(C)[C@@H](O)[C@@H](O)[C@@]2(CO)[C@@H](O)[C@@H]1O. The van der Waals surface area contributed by atoms with E-state index in [1.807, 2.05) is 20.8 Å². The highest BCUT2D eigenvalue weighted by molar-refractivity contribution is 5.73. The highest BCUT2D eigenvalue weighted by Gasteiger charge is 2.75. The van der Waals surface area contributed by atoms with Gasteiger partial charge in [0.2, 0.25) is 0 Å². The predicted octanol–water partition coefficient (Wildman–Crippen LogP) is -1.23. The van der Waals surface area contributed by atoms with Crippen LogP contribution in [-0.2, 0) is 23.7 Å². The summed E-state index contributed by atoms with van der Waals surface area (Å²) in [4.78, 5) is 12.2. The first-order valence-corrected chi connectivity index (χ1v) is 21.2. The Balaban J connectivity index is 1.19. The average Bonchev–Trinajstić information content (AvgIpc) is 3.17. The molecule has 0 spiro atoms. The number of hydrogen-bond donors (Lipinski definition) is 12. The lowest BCUT2D eigenvalue weighted by Crippen LogP contribution is -2.76. The molecule has 0 amide bonds. The monoisotopic (exact) mass is 844 g/mol. The molecule has 22 atom stereocenters. The van der Waals surface area contributed by atoms with Gasteiger partial charge < -0.3 is 80.2 Å². The van der Waals surface area contributed by atoms with Crippen molar-refractivity contribution in [3.8, 4) is 0 Å². The van der Waals surface area contributed by atoms with Crippen molar-refractivity contribution in [1.29, 1.82) is 0 Å². The molecule has 12 N–H and O–H groups in total. The smallest absolute Gasteiger partial charge is 0.335 e. The summed E-state index contributed by atoms with van der Waals surface area (Å²) in [5.41, 5.74) is -3.93. The van der Waals surface area contributed by atoms with Gasteiger partial charge in [0.05, 0.1) is 49.1 Å². The highest BCUT2D eigenvalue weighted by Crippen LogP contribution is 2.76. The summed E-state index contributed by atoms with van der Waals surface area (Å²) in [5.74, 6) is -2.10. The number of carbonyl (C=O) groups is 1. The molecule has 17 heteroatoms. The minimum atomic E-state index is -1.99. The summed E-state index contributed by atoms with van der Waals surface area (Å²) in [6, 6.07) is 0. The Hall–Kier alpha value is -1.39. The molecular weight excluding hydrogens is 776 g/mol. The number of hydrogen-bond acceptors (Lipinski definition) is 16. The van der Waals surface area contributed by atoms with E-state index in [-0.39, 0.29) is 17.3 Å². The number of fused-ring (bicyclic) bond motifs is 7. The molecule has 0 aromatic heterocycles. The first-order valence-electron chi connectivity index (χ1n) is 21.2. The summed E-state index contributed by atoms with van der Waals surface area (Å²) < 4.78 is 23.8. The number of ether oxygens (including phenoxy) is 4. The zero-order valence-corrected chi connectivity index (χ0v) is 35.0. The Morgan fingerprint density at radius 2 is 1.37 bits per heavy atom. The van der Waals surface area contributed by atoms with Crippen LogP contribution in [0.25, 0.3) is 0 Å². The van der Waals surface area contributed by atoms with Crippen LogP contribution >= 0.6 is 0 Å². The fourth-order valence-corrected chi connectivity index (χ4v) is 14.0. The van der Waals surface area contributed by atoms with E-state index in [2.05, 4.69) is 33.8 Å². The Labute approximate surface area is 344 Å². The van der Waals surface area contributed by atoms with E-state index in [4.69, 9.17) is 18.9 Å². The van der Waals surface area contributed by atoms with E-state index >= 15 is 0 Å². The minimum absolute atomic E-state index is 0.0140. The summed E-state index contributed by atoms with van der Waals surface area (Å²) in [6.45, 7) is 12.9. The molecule has 7 aliphatic rings. The van der Waals surface area contributed by atoms with E-state index in [0.717, 1.165) is 5.57 Å². The van der Waals surface area contributed by atoms with Gasteiger partial charge >= 0.3 is 5.97 Å². The minimum Gasteiger partial charge on any atom is -0.479 e. The molecule has 2 heterocycles. The fraction of sp³-hybridized carbons (Fsp3) is 0.929. The number of aliphatic hydroxyl groups excluding tert-OH is 11. The normalized spacial score (nSPS) is 55.5. The van der Waals surface area contributed by atoms with Gasteiger partial charge in [0, 0.05) is 5.41 Å². The topological polar surface area (TPSA) is 297 Å². The van der Waals surface area contributed by atoms with Crippen LogP contribution < -0.4 is 0 Å². The molecule has 6 fully saturated rings. The molecule has 2 aliphatic heterocycles. The van der Waals surface area contributed by atoms with Gasteiger partial charge in [-0.25, -0.2) is 4.79 Å². The number of allylic oxidation sites excluding steroid dienone is 1. The third-order valence-corrected chi connectivity index (χ3v) is 17.7. The second-order valence-corrected chi connectivity index (χ2v) is 21.0. The summed E-state index contributed by atoms with van der Waals surface area (Å²) in [5, 5.41) is 131. The molecule has 5 aliphatic carbocycles. The van der Waals surface area contributed by atoms with E-state index in [9.17, 15) is 66.1 Å². The maximum Gasteiger partial charge on any atom is 0.335 e. The standard InChI is InChI=1S/C42H68O17/c1-37(2)14-18-17-8-9-21-39(5)12-11-22(38(3,4)20(39)10-13-40(21,6)41(17,7)31(51)33(53)42(18,16-44)32(52)30(37)50)57-36-29(26(48)25(47)28(58-36)34(54)55)59-35-27(49)24(46)23(45)19(15-43)56-35/h8,18-33,35-36,43-53H,9-16H2,1-7H3,(H,54,55)/t18-,19+,20-,21+,22-,23+,24-,25-,26-,27+,28-,29+,30-,31-,32-,33+,35-,36+,39-,40+,41-,42+/m0/s1. The number of aliphatic carboxylic acids is 1. The first kappa shape index (κ1) is 45.6. The predicted molar refractivity (Wildman–Crippen MR) is 204 cm³/mol. The molecule has 338 valence electrons. The number of carboxylic acids is 1. The van der Waals surface area contributed by atoms with Crippen molar-refractivity contribution in [2.45, 2.75) is 179 Å². The maximum atomic E-state index is 12.3. The van der Waals surface area contributed by atoms with Gasteiger partial charge in [0.15, 0.2) is 18.7 Å². The summed E-state index contributed by atoms with van der Waals surface area (Å²) >= 11 is 0. The Kier molecular flexibility index (Phi) is 11.7. The molecule has 2 saturated heterocycles. The quantitative estimate of drug-likeness (QED) is 0.105. The molecule has 0 unspecified atom stereocenters. The second kappa shape index (κ2) is 15.1. The van der Waals surface area contributed by atoms with Crippen molar-refractivity contribution in [2.75, 3.05) is 13.2 Å². The zero-order valence-electron chi connectivity index (χ0n) is 35.0. The molecule has 0 bridgehead atoms. The molecule has 17 nitrogen and oxygen atoms in total. The Morgan fingerprint density at radius 1 is 0.729 bits per heavy atom. The second-order valence-electron chi connectivity index (χ2n) is 21.0. The van der Waals surface area contributed by atoms with Crippen molar-refractivity contribution >= 4 is 5.97 Å². The van der Waals surface area contributed by atoms with Gasteiger partial charge in [-0.2, -0.15) is 0 Å². The lowest BCUT2D eigenvalue weighted by Gasteiger charge is -2.73. The molecular formula is C42H68O17. The van der Waals surface area contributed by atoms with Gasteiger partial charge in [0.25, 0.3) is 0 Å². The number of rotatable bonds is 7. The molecule has 0 aromatic rings. The van der Waals surface area contributed by atoms with Crippen LogP contribution in [0.4, 0.5) is 0 Å². The third kappa shape index (κ3) is 6.23. The van der Waals surface area contributed by atoms with Crippen LogP contribution in [0.15, 0.2) is 11.6 Å². The fourth-order valence-electron chi connectivity index (χ4n) is 14.0. The zero-order chi connectivity index (χ0) is 43.7. The number of carboxylic acid groups (broad SMARTS) is 1. The van der Waals surface area contributed by atoms with Crippen LogP contribution in [0.5, 0.6) is 0 Å². The number of aliphatic hydroxyl groups is 11. The molecule has 0 aromatic carbocycles. The highest BCUT2D eigenvalue weighted by atomic mass is 16.8. The molecule has 7 rings (SSSR count). The molecule has 0 radical (unpaired) electrons. The van der Waals surface area contributed by atoms with Crippen LogP contribution in [0.2, 0.25) is 0 Å². The van der Waals surface area contributed by atoms with Gasteiger partial charge in [-0.15, -0.1) is 0 Å². The summed E-state index contributed by atoms with van der Waals surface area (Å²) in [7, 11) is 0. The van der Waals surface area contributed by atoms with Crippen molar-refractivity contribution < 1.29 is 85.0 Å². The Morgan fingerprint density at radius 3 is 1.98 bits per heavy atom. The van der Waals surface area contributed by atoms with Crippen molar-refractivity contribution in [3.63, 3.8) is 0 Å². The first-order chi connectivity index (χ1) is 27.3. The lowest BCUT2D eigenvalue weighted by molar-refractivity contribution is -0.374. The summed E-state index contributed by atoms with van der Waals surface area (Å²) in [6.07, 6.45) is -18.3. The molecule has 4 saturated carbocycles. The van der Waals surface area contributed by atoms with Crippen molar-refractivity contribution in [2.24, 2.45) is 50.2 Å².